The summed E-state index contributed by atoms with van der Waals surface area (Å²) in [4.78, 5) is 10.7. The Bertz CT molecular complexity index is 753. The lowest BCUT2D eigenvalue weighted by Crippen LogP contribution is -2.13. The zero-order valence-corrected chi connectivity index (χ0v) is 12.8. The lowest BCUT2D eigenvalue weighted by Gasteiger charge is -2.08. The summed E-state index contributed by atoms with van der Waals surface area (Å²) in [7, 11) is -1.98. The Labute approximate surface area is 126 Å². The number of benzene rings is 1. The second kappa shape index (κ2) is 6.25. The van der Waals surface area contributed by atoms with E-state index in [0.717, 1.165) is 23.0 Å². The van der Waals surface area contributed by atoms with Crippen LogP contribution in [0.5, 0.6) is 0 Å². The maximum atomic E-state index is 12.2. The summed E-state index contributed by atoms with van der Waals surface area (Å²) in [6.45, 7) is 0.622. The highest BCUT2D eigenvalue weighted by Gasteiger charge is 2.18. The van der Waals surface area contributed by atoms with E-state index in [0.29, 0.717) is 12.2 Å². The molecule has 0 radical (unpaired) electrons. The number of sulfonamides is 1. The summed E-state index contributed by atoms with van der Waals surface area (Å²) in [5.74, 6) is -1.14. The van der Waals surface area contributed by atoms with Crippen molar-refractivity contribution in [3.05, 3.63) is 46.2 Å². The molecule has 0 aliphatic rings. The van der Waals surface area contributed by atoms with Gasteiger partial charge >= 0.3 is 5.97 Å². The first-order valence-corrected chi connectivity index (χ1v) is 8.37. The van der Waals surface area contributed by atoms with Crippen molar-refractivity contribution in [2.45, 2.75) is 11.4 Å². The fraction of sp³-hybridized carbons (Fsp3) is 0.154. The molecule has 6 nitrogen and oxygen atoms in total. The number of nitrogens with one attached hydrogen (secondary N) is 2. The lowest BCUT2D eigenvalue weighted by molar-refractivity contribution is 0.0702. The highest BCUT2D eigenvalue weighted by molar-refractivity contribution is 7.92. The lowest BCUT2D eigenvalue weighted by atomic mass is 10.2. The van der Waals surface area contributed by atoms with Gasteiger partial charge in [0, 0.05) is 17.6 Å². The molecule has 1 heterocycles. The SMILES string of the molecule is CNCc1cccc(NS(=O)(=O)c2csc(C(=O)O)c2)c1. The van der Waals surface area contributed by atoms with Gasteiger partial charge in [0.1, 0.15) is 4.88 Å². The largest absolute Gasteiger partial charge is 0.477 e. The summed E-state index contributed by atoms with van der Waals surface area (Å²) in [6, 6.07) is 8.13. The molecule has 21 heavy (non-hydrogen) atoms. The maximum absolute atomic E-state index is 12.2. The third-order valence-corrected chi connectivity index (χ3v) is 5.08. The Kier molecular flexibility index (Phi) is 4.61. The van der Waals surface area contributed by atoms with Crippen molar-refractivity contribution in [2.75, 3.05) is 11.8 Å². The number of carboxylic acid groups (broad SMARTS) is 1. The highest BCUT2D eigenvalue weighted by Crippen LogP contribution is 2.22. The Balaban J connectivity index is 2.24. The molecule has 0 fully saturated rings. The summed E-state index contributed by atoms with van der Waals surface area (Å²) < 4.78 is 26.8. The van der Waals surface area contributed by atoms with E-state index in [9.17, 15) is 13.2 Å². The minimum atomic E-state index is -3.78. The van der Waals surface area contributed by atoms with Crippen LogP contribution < -0.4 is 10.0 Å². The zero-order valence-electron chi connectivity index (χ0n) is 11.2. The van der Waals surface area contributed by atoms with Gasteiger partial charge in [-0.05, 0) is 30.8 Å². The average Bonchev–Trinajstić information content (AvgIpc) is 2.89. The number of hydrogen-bond donors (Lipinski definition) is 3. The molecule has 0 bridgehead atoms. The molecule has 0 saturated heterocycles. The Morgan fingerprint density at radius 1 is 1.33 bits per heavy atom. The van der Waals surface area contributed by atoms with Gasteiger partial charge in [-0.25, -0.2) is 13.2 Å². The van der Waals surface area contributed by atoms with Crippen LogP contribution in [0, 0.1) is 0 Å². The first-order chi connectivity index (χ1) is 9.92. The van der Waals surface area contributed by atoms with E-state index < -0.39 is 16.0 Å². The van der Waals surface area contributed by atoms with Crippen LogP contribution in [-0.4, -0.2) is 26.5 Å². The Morgan fingerprint density at radius 3 is 2.71 bits per heavy atom. The second-order valence-electron chi connectivity index (χ2n) is 4.29. The molecule has 112 valence electrons. The van der Waals surface area contributed by atoms with Gasteiger partial charge in [0.2, 0.25) is 0 Å². The summed E-state index contributed by atoms with van der Waals surface area (Å²) in [5, 5.41) is 13.1. The molecule has 0 unspecified atom stereocenters. The van der Waals surface area contributed by atoms with Gasteiger partial charge in [0.15, 0.2) is 0 Å². The molecule has 1 aromatic heterocycles. The van der Waals surface area contributed by atoms with Crippen molar-refractivity contribution < 1.29 is 18.3 Å². The van der Waals surface area contributed by atoms with Crippen LogP contribution in [0.2, 0.25) is 0 Å². The fourth-order valence-corrected chi connectivity index (χ4v) is 3.90. The summed E-state index contributed by atoms with van der Waals surface area (Å²) in [5.41, 5.74) is 1.38. The van der Waals surface area contributed by atoms with E-state index in [2.05, 4.69) is 10.0 Å². The first kappa shape index (κ1) is 15.5. The minimum absolute atomic E-state index is 0.0145. The first-order valence-electron chi connectivity index (χ1n) is 6.00. The van der Waals surface area contributed by atoms with Crippen LogP contribution in [0.4, 0.5) is 5.69 Å². The topological polar surface area (TPSA) is 95.5 Å². The number of anilines is 1. The smallest absolute Gasteiger partial charge is 0.345 e. The van der Waals surface area contributed by atoms with Crippen molar-refractivity contribution in [2.24, 2.45) is 0 Å². The maximum Gasteiger partial charge on any atom is 0.345 e. The van der Waals surface area contributed by atoms with Gasteiger partial charge in [0.25, 0.3) is 10.0 Å². The highest BCUT2D eigenvalue weighted by atomic mass is 32.2. The molecule has 0 aliphatic heterocycles. The Hall–Kier alpha value is -1.90. The van der Waals surface area contributed by atoms with E-state index in [1.165, 1.54) is 5.38 Å². The number of hydrogen-bond acceptors (Lipinski definition) is 5. The second-order valence-corrected chi connectivity index (χ2v) is 6.88. The molecule has 8 heteroatoms. The summed E-state index contributed by atoms with van der Waals surface area (Å²) >= 11 is 0.878. The van der Waals surface area contributed by atoms with Crippen LogP contribution in [0.25, 0.3) is 0 Å². The van der Waals surface area contributed by atoms with E-state index in [1.807, 2.05) is 6.07 Å². The molecule has 0 spiro atoms. The molecule has 0 amide bonds. The monoisotopic (exact) mass is 326 g/mol. The molecule has 2 aromatic rings. The fourth-order valence-electron chi connectivity index (χ4n) is 1.73. The number of aromatic carboxylic acids is 1. The van der Waals surface area contributed by atoms with Crippen molar-refractivity contribution in [1.82, 2.24) is 5.32 Å². The normalized spacial score (nSPS) is 11.3. The molecular weight excluding hydrogens is 312 g/mol. The average molecular weight is 326 g/mol. The van der Waals surface area contributed by atoms with E-state index in [-0.39, 0.29) is 9.77 Å². The molecule has 3 N–H and O–H groups in total. The number of thiophene rings is 1. The number of carboxylic acids is 1. The van der Waals surface area contributed by atoms with E-state index in [1.54, 1.807) is 25.2 Å². The minimum Gasteiger partial charge on any atom is -0.477 e. The van der Waals surface area contributed by atoms with Crippen molar-refractivity contribution in [3.63, 3.8) is 0 Å². The van der Waals surface area contributed by atoms with Crippen molar-refractivity contribution in [1.29, 1.82) is 0 Å². The van der Waals surface area contributed by atoms with Crippen molar-refractivity contribution in [3.8, 4) is 0 Å². The van der Waals surface area contributed by atoms with Gasteiger partial charge in [-0.15, -0.1) is 11.3 Å². The summed E-state index contributed by atoms with van der Waals surface area (Å²) in [6.07, 6.45) is 0. The third-order valence-electron chi connectivity index (χ3n) is 2.66. The van der Waals surface area contributed by atoms with Gasteiger partial charge in [-0.2, -0.15) is 0 Å². The van der Waals surface area contributed by atoms with Crippen LogP contribution in [0.3, 0.4) is 0 Å². The van der Waals surface area contributed by atoms with Gasteiger partial charge in [0.05, 0.1) is 4.90 Å². The predicted molar refractivity (Wildman–Crippen MR) is 81.3 cm³/mol. The van der Waals surface area contributed by atoms with E-state index in [4.69, 9.17) is 5.11 Å². The van der Waals surface area contributed by atoms with Crippen molar-refractivity contribution >= 4 is 33.0 Å². The molecular formula is C13H14N2O4S2. The van der Waals surface area contributed by atoms with E-state index >= 15 is 0 Å². The van der Waals surface area contributed by atoms with Gasteiger partial charge in [-0.1, -0.05) is 12.1 Å². The third kappa shape index (κ3) is 3.81. The molecule has 0 atom stereocenters. The zero-order chi connectivity index (χ0) is 15.5. The van der Waals surface area contributed by atoms with Crippen LogP contribution in [0.1, 0.15) is 15.2 Å². The quantitative estimate of drug-likeness (QED) is 0.754. The van der Waals surface area contributed by atoms with Gasteiger partial charge < -0.3 is 10.4 Å². The van der Waals surface area contributed by atoms with Crippen LogP contribution in [0.15, 0.2) is 40.6 Å². The number of carbonyl (C=O) groups is 1. The van der Waals surface area contributed by atoms with Crippen LogP contribution in [-0.2, 0) is 16.6 Å². The van der Waals surface area contributed by atoms with Gasteiger partial charge in [-0.3, -0.25) is 4.72 Å². The predicted octanol–water partition coefficient (Wildman–Crippen LogP) is 1.97. The standard InChI is InChI=1S/C13H14N2O4S2/c1-14-7-9-3-2-4-10(5-9)15-21(18,19)11-6-12(13(16)17)20-8-11/h2-6,8,14-15H,7H2,1H3,(H,16,17). The number of rotatable bonds is 6. The molecule has 0 saturated carbocycles. The molecule has 0 aliphatic carbocycles. The molecule has 2 rings (SSSR count). The molecule has 1 aromatic carbocycles. The Morgan fingerprint density at radius 2 is 2.10 bits per heavy atom. The van der Waals surface area contributed by atoms with Crippen LogP contribution >= 0.6 is 11.3 Å².